The molecule has 0 aromatic heterocycles. The number of aliphatic hydroxyl groups is 1. The highest BCUT2D eigenvalue weighted by Gasteiger charge is 2.17. The molecular formula is C20H43NO3. The SMILES string of the molecule is CCCCCCCCCCCCCCC(O)CC(C)C(=O)OC.N. The van der Waals surface area contributed by atoms with Gasteiger partial charge in [-0.15, -0.1) is 0 Å². The first-order valence-electron chi connectivity index (χ1n) is 9.87. The van der Waals surface area contributed by atoms with Crippen LogP contribution in [0.5, 0.6) is 0 Å². The first kappa shape index (κ1) is 25.6. The predicted molar refractivity (Wildman–Crippen MR) is 103 cm³/mol. The Morgan fingerprint density at radius 2 is 1.29 bits per heavy atom. The molecule has 4 heteroatoms. The summed E-state index contributed by atoms with van der Waals surface area (Å²) in [6.45, 7) is 4.08. The van der Waals surface area contributed by atoms with Gasteiger partial charge in [-0.25, -0.2) is 0 Å². The number of methoxy groups -OCH3 is 1. The van der Waals surface area contributed by atoms with Gasteiger partial charge in [-0.2, -0.15) is 0 Å². The van der Waals surface area contributed by atoms with Gasteiger partial charge in [0.15, 0.2) is 0 Å². The first-order valence-corrected chi connectivity index (χ1v) is 9.87. The van der Waals surface area contributed by atoms with Crippen LogP contribution in [0.15, 0.2) is 0 Å². The Balaban J connectivity index is 0. The van der Waals surface area contributed by atoms with Crippen molar-refractivity contribution in [2.24, 2.45) is 5.92 Å². The second-order valence-electron chi connectivity index (χ2n) is 6.99. The molecule has 0 aliphatic carbocycles. The van der Waals surface area contributed by atoms with E-state index in [1.165, 1.54) is 77.7 Å². The van der Waals surface area contributed by atoms with Crippen molar-refractivity contribution in [1.82, 2.24) is 6.15 Å². The Hall–Kier alpha value is -0.610. The highest BCUT2D eigenvalue weighted by molar-refractivity contribution is 5.71. The highest BCUT2D eigenvalue weighted by Crippen LogP contribution is 2.15. The maximum atomic E-state index is 11.3. The maximum Gasteiger partial charge on any atom is 0.308 e. The average Bonchev–Trinajstić information content (AvgIpc) is 2.54. The molecule has 0 heterocycles. The minimum atomic E-state index is -0.368. The van der Waals surface area contributed by atoms with Gasteiger partial charge in [-0.05, 0) is 12.8 Å². The fraction of sp³-hybridized carbons (Fsp3) is 0.950. The van der Waals surface area contributed by atoms with E-state index in [9.17, 15) is 9.90 Å². The summed E-state index contributed by atoms with van der Waals surface area (Å²) in [7, 11) is 1.40. The Morgan fingerprint density at radius 3 is 1.71 bits per heavy atom. The quantitative estimate of drug-likeness (QED) is 0.273. The number of carbonyl (C=O) groups is 1. The fourth-order valence-corrected chi connectivity index (χ4v) is 3.04. The summed E-state index contributed by atoms with van der Waals surface area (Å²) in [5, 5.41) is 9.92. The van der Waals surface area contributed by atoms with Crippen LogP contribution in [0.1, 0.15) is 104 Å². The molecule has 0 bridgehead atoms. The molecule has 0 aromatic rings. The summed E-state index contributed by atoms with van der Waals surface area (Å²) in [5.74, 6) is -0.425. The summed E-state index contributed by atoms with van der Waals surface area (Å²) < 4.78 is 4.68. The van der Waals surface area contributed by atoms with E-state index in [-0.39, 0.29) is 24.1 Å². The van der Waals surface area contributed by atoms with E-state index in [2.05, 4.69) is 11.7 Å². The van der Waals surface area contributed by atoms with Gasteiger partial charge >= 0.3 is 5.97 Å². The van der Waals surface area contributed by atoms with Gasteiger partial charge in [-0.3, -0.25) is 4.79 Å². The molecule has 0 saturated carbocycles. The molecule has 0 fully saturated rings. The number of ether oxygens (including phenoxy) is 1. The van der Waals surface area contributed by atoms with Crippen LogP contribution in [-0.2, 0) is 9.53 Å². The van der Waals surface area contributed by atoms with Gasteiger partial charge in [0.05, 0.1) is 19.1 Å². The standard InChI is InChI=1S/C20H40O3.H3N/c1-4-5-6-7-8-9-10-11-12-13-14-15-16-19(21)17-18(2)20(22)23-3;/h18-19,21H,4-17H2,1-3H3;1H3. The zero-order chi connectivity index (χ0) is 17.3. The molecule has 2 atom stereocenters. The second-order valence-corrected chi connectivity index (χ2v) is 6.99. The maximum absolute atomic E-state index is 11.3. The lowest BCUT2D eigenvalue weighted by Gasteiger charge is -2.14. The van der Waals surface area contributed by atoms with Crippen LogP contribution in [0.3, 0.4) is 0 Å². The predicted octanol–water partition coefficient (Wildman–Crippen LogP) is 5.80. The molecule has 0 aliphatic heterocycles. The van der Waals surface area contributed by atoms with Crippen LogP contribution in [-0.4, -0.2) is 24.3 Å². The Morgan fingerprint density at radius 1 is 0.875 bits per heavy atom. The van der Waals surface area contributed by atoms with Gasteiger partial charge in [0.2, 0.25) is 0 Å². The molecule has 0 saturated heterocycles. The van der Waals surface area contributed by atoms with Gasteiger partial charge in [0.25, 0.3) is 0 Å². The lowest BCUT2D eigenvalue weighted by molar-refractivity contribution is -0.145. The van der Waals surface area contributed by atoms with Gasteiger partial charge in [-0.1, -0.05) is 90.9 Å². The molecule has 0 amide bonds. The Bertz CT molecular complexity index is 272. The van der Waals surface area contributed by atoms with Crippen LogP contribution in [0, 0.1) is 5.92 Å². The average molecular weight is 346 g/mol. The zero-order valence-electron chi connectivity index (χ0n) is 16.5. The summed E-state index contributed by atoms with van der Waals surface area (Å²) in [6.07, 6.45) is 16.9. The Kier molecular flexibility index (Phi) is 20.0. The molecule has 0 aliphatic rings. The van der Waals surface area contributed by atoms with Crippen LogP contribution in [0.2, 0.25) is 0 Å². The zero-order valence-corrected chi connectivity index (χ0v) is 16.5. The van der Waals surface area contributed by atoms with E-state index in [1.807, 2.05) is 6.92 Å². The molecule has 0 spiro atoms. The van der Waals surface area contributed by atoms with Crippen molar-refractivity contribution in [2.45, 2.75) is 110 Å². The summed E-state index contributed by atoms with van der Waals surface area (Å²) >= 11 is 0. The van der Waals surface area contributed by atoms with Crippen molar-refractivity contribution in [1.29, 1.82) is 0 Å². The molecule has 4 N–H and O–H groups in total. The molecule has 0 aromatic carbocycles. The van der Waals surface area contributed by atoms with Crippen molar-refractivity contribution in [2.75, 3.05) is 7.11 Å². The molecule has 4 nitrogen and oxygen atoms in total. The van der Waals surface area contributed by atoms with Crippen LogP contribution in [0.25, 0.3) is 0 Å². The fourth-order valence-electron chi connectivity index (χ4n) is 3.04. The summed E-state index contributed by atoms with van der Waals surface area (Å²) in [6, 6.07) is 0. The third-order valence-electron chi connectivity index (χ3n) is 4.62. The van der Waals surface area contributed by atoms with E-state index >= 15 is 0 Å². The van der Waals surface area contributed by atoms with Crippen LogP contribution < -0.4 is 6.15 Å². The topological polar surface area (TPSA) is 81.5 Å². The van der Waals surface area contributed by atoms with E-state index in [1.54, 1.807) is 0 Å². The molecule has 146 valence electrons. The minimum Gasteiger partial charge on any atom is -0.469 e. The number of unbranched alkanes of at least 4 members (excludes halogenated alkanes) is 11. The molecule has 24 heavy (non-hydrogen) atoms. The number of carbonyl (C=O) groups excluding carboxylic acids is 1. The van der Waals surface area contributed by atoms with E-state index in [4.69, 9.17) is 0 Å². The van der Waals surface area contributed by atoms with E-state index < -0.39 is 0 Å². The van der Waals surface area contributed by atoms with E-state index in [0.29, 0.717) is 6.42 Å². The summed E-state index contributed by atoms with van der Waals surface area (Å²) in [5.41, 5.74) is 0. The van der Waals surface area contributed by atoms with Crippen molar-refractivity contribution in [3.63, 3.8) is 0 Å². The number of esters is 1. The number of hydrogen-bond donors (Lipinski definition) is 2. The third-order valence-corrected chi connectivity index (χ3v) is 4.62. The van der Waals surface area contributed by atoms with Crippen molar-refractivity contribution in [3.8, 4) is 0 Å². The van der Waals surface area contributed by atoms with Gasteiger partial charge in [0.1, 0.15) is 0 Å². The van der Waals surface area contributed by atoms with Crippen LogP contribution in [0.4, 0.5) is 0 Å². The minimum absolute atomic E-state index is 0. The summed E-state index contributed by atoms with van der Waals surface area (Å²) in [4.78, 5) is 11.3. The van der Waals surface area contributed by atoms with Crippen LogP contribution >= 0.6 is 0 Å². The normalized spacial score (nSPS) is 13.2. The van der Waals surface area contributed by atoms with Gasteiger partial charge < -0.3 is 16.0 Å². The smallest absolute Gasteiger partial charge is 0.308 e. The monoisotopic (exact) mass is 345 g/mol. The highest BCUT2D eigenvalue weighted by atomic mass is 16.5. The van der Waals surface area contributed by atoms with Gasteiger partial charge in [0, 0.05) is 0 Å². The molecular weight excluding hydrogens is 302 g/mol. The number of aliphatic hydroxyl groups excluding tert-OH is 1. The second kappa shape index (κ2) is 18.7. The third kappa shape index (κ3) is 16.3. The largest absolute Gasteiger partial charge is 0.469 e. The van der Waals surface area contributed by atoms with Crippen molar-refractivity contribution in [3.05, 3.63) is 0 Å². The molecule has 0 radical (unpaired) electrons. The Labute approximate surface area is 150 Å². The lowest BCUT2D eigenvalue weighted by atomic mass is 9.99. The first-order chi connectivity index (χ1) is 11.1. The lowest BCUT2D eigenvalue weighted by Crippen LogP contribution is -2.19. The van der Waals surface area contributed by atoms with Crippen molar-refractivity contribution >= 4 is 5.97 Å². The van der Waals surface area contributed by atoms with Crippen molar-refractivity contribution < 1.29 is 14.6 Å². The molecule has 2 unspecified atom stereocenters. The molecule has 0 rings (SSSR count). The van der Waals surface area contributed by atoms with E-state index in [0.717, 1.165) is 12.8 Å². The number of rotatable bonds is 16. The number of hydrogen-bond acceptors (Lipinski definition) is 4.